The van der Waals surface area contributed by atoms with Crippen molar-refractivity contribution in [3.63, 3.8) is 0 Å². The minimum absolute atomic E-state index is 0.201. The zero-order valence-electron chi connectivity index (χ0n) is 13.8. The summed E-state index contributed by atoms with van der Waals surface area (Å²) in [5.41, 5.74) is 0. The molecule has 25 heavy (non-hydrogen) atoms. The Hall–Kier alpha value is -1.70. The predicted molar refractivity (Wildman–Crippen MR) is 99.0 cm³/mol. The molecule has 0 saturated heterocycles. The Balaban J connectivity index is 1.52. The normalized spacial score (nSPS) is 14.1. The SMILES string of the molecule is O=S(=O)(NCCCSc1ccccc1)c1ccc2c(c1)OCCCO2. The molecule has 7 heteroatoms. The maximum Gasteiger partial charge on any atom is 0.240 e. The summed E-state index contributed by atoms with van der Waals surface area (Å²) in [6.45, 7) is 1.51. The van der Waals surface area contributed by atoms with Crippen molar-refractivity contribution in [2.24, 2.45) is 0 Å². The van der Waals surface area contributed by atoms with E-state index >= 15 is 0 Å². The van der Waals surface area contributed by atoms with Crippen molar-refractivity contribution in [1.82, 2.24) is 4.72 Å². The minimum Gasteiger partial charge on any atom is -0.490 e. The molecule has 2 aromatic rings. The molecule has 2 aromatic carbocycles. The second kappa shape index (κ2) is 8.60. The Morgan fingerprint density at radius 2 is 1.76 bits per heavy atom. The monoisotopic (exact) mass is 379 g/mol. The third kappa shape index (κ3) is 5.14. The van der Waals surface area contributed by atoms with Crippen molar-refractivity contribution in [3.8, 4) is 11.5 Å². The van der Waals surface area contributed by atoms with Crippen LogP contribution < -0.4 is 14.2 Å². The third-order valence-corrected chi connectivity index (χ3v) is 6.21. The number of thioether (sulfide) groups is 1. The second-order valence-corrected chi connectivity index (χ2v) is 8.51. The van der Waals surface area contributed by atoms with Crippen LogP contribution in [0.2, 0.25) is 0 Å². The van der Waals surface area contributed by atoms with Gasteiger partial charge in [0.2, 0.25) is 10.0 Å². The van der Waals surface area contributed by atoms with E-state index in [0.29, 0.717) is 31.3 Å². The topological polar surface area (TPSA) is 64.6 Å². The van der Waals surface area contributed by atoms with Crippen molar-refractivity contribution in [2.75, 3.05) is 25.5 Å². The molecule has 0 unspecified atom stereocenters. The number of hydrogen-bond donors (Lipinski definition) is 1. The number of ether oxygens (including phenoxy) is 2. The molecule has 0 bridgehead atoms. The first kappa shape index (κ1) is 18.1. The van der Waals surface area contributed by atoms with Gasteiger partial charge in [-0.05, 0) is 36.4 Å². The highest BCUT2D eigenvalue weighted by Crippen LogP contribution is 2.31. The fourth-order valence-electron chi connectivity index (χ4n) is 2.38. The summed E-state index contributed by atoms with van der Waals surface area (Å²) in [6, 6.07) is 14.8. The molecule has 0 atom stereocenters. The van der Waals surface area contributed by atoms with Gasteiger partial charge in [0.1, 0.15) is 0 Å². The molecule has 134 valence electrons. The maximum absolute atomic E-state index is 12.4. The van der Waals surface area contributed by atoms with E-state index < -0.39 is 10.0 Å². The molecular weight excluding hydrogens is 358 g/mol. The van der Waals surface area contributed by atoms with E-state index in [2.05, 4.69) is 4.72 Å². The zero-order valence-corrected chi connectivity index (χ0v) is 15.4. The first-order chi connectivity index (χ1) is 12.1. The van der Waals surface area contributed by atoms with Crippen molar-refractivity contribution in [2.45, 2.75) is 22.6 Å². The van der Waals surface area contributed by atoms with Crippen molar-refractivity contribution in [1.29, 1.82) is 0 Å². The molecule has 0 aromatic heterocycles. The van der Waals surface area contributed by atoms with Crippen LogP contribution in [0.4, 0.5) is 0 Å². The van der Waals surface area contributed by atoms with Gasteiger partial charge in [0.05, 0.1) is 18.1 Å². The van der Waals surface area contributed by atoms with Gasteiger partial charge in [-0.15, -0.1) is 11.8 Å². The van der Waals surface area contributed by atoms with Crippen LogP contribution in [-0.2, 0) is 10.0 Å². The average molecular weight is 380 g/mol. The Kier molecular flexibility index (Phi) is 6.23. The Labute approximate surface area is 152 Å². The third-order valence-electron chi connectivity index (χ3n) is 3.65. The maximum atomic E-state index is 12.4. The van der Waals surface area contributed by atoms with E-state index in [-0.39, 0.29) is 4.90 Å². The standard InChI is InChI=1S/C18H21NO4S2/c20-25(21,19-10-4-13-24-15-6-2-1-3-7-15)16-8-9-17-18(14-16)23-12-5-11-22-17/h1-3,6-9,14,19H,4-5,10-13H2. The quantitative estimate of drug-likeness (QED) is 0.591. The highest BCUT2D eigenvalue weighted by Gasteiger charge is 2.18. The number of nitrogens with one attached hydrogen (secondary N) is 1. The van der Waals surface area contributed by atoms with E-state index in [9.17, 15) is 8.42 Å². The molecule has 1 heterocycles. The van der Waals surface area contributed by atoms with Gasteiger partial charge in [-0.3, -0.25) is 0 Å². The van der Waals surface area contributed by atoms with E-state index in [0.717, 1.165) is 18.6 Å². The van der Waals surface area contributed by atoms with Crippen LogP contribution in [0.25, 0.3) is 0 Å². The molecule has 0 spiro atoms. The van der Waals surface area contributed by atoms with Crippen LogP contribution in [0.3, 0.4) is 0 Å². The molecule has 0 saturated carbocycles. The summed E-state index contributed by atoms with van der Waals surface area (Å²) >= 11 is 1.72. The fraction of sp³-hybridized carbons (Fsp3) is 0.333. The van der Waals surface area contributed by atoms with Crippen molar-refractivity contribution in [3.05, 3.63) is 48.5 Å². The lowest BCUT2D eigenvalue weighted by Crippen LogP contribution is -2.25. The highest BCUT2D eigenvalue weighted by molar-refractivity contribution is 7.99. The summed E-state index contributed by atoms with van der Waals surface area (Å²) < 4.78 is 38.6. The predicted octanol–water partition coefficient (Wildman–Crippen LogP) is 3.31. The van der Waals surface area contributed by atoms with E-state index in [1.165, 1.54) is 11.0 Å². The molecule has 1 N–H and O–H groups in total. The summed E-state index contributed by atoms with van der Waals surface area (Å²) in [6.07, 6.45) is 1.54. The molecule has 5 nitrogen and oxygen atoms in total. The molecule has 1 aliphatic heterocycles. The van der Waals surface area contributed by atoms with Gasteiger partial charge < -0.3 is 9.47 Å². The summed E-state index contributed by atoms with van der Waals surface area (Å²) in [4.78, 5) is 1.39. The van der Waals surface area contributed by atoms with Crippen LogP contribution in [-0.4, -0.2) is 33.9 Å². The van der Waals surface area contributed by atoms with Gasteiger partial charge in [-0.25, -0.2) is 13.1 Å². The molecular formula is C18H21NO4S2. The Morgan fingerprint density at radius 3 is 2.56 bits per heavy atom. The molecule has 1 aliphatic rings. The smallest absolute Gasteiger partial charge is 0.240 e. The van der Waals surface area contributed by atoms with Gasteiger partial charge >= 0.3 is 0 Å². The highest BCUT2D eigenvalue weighted by atomic mass is 32.2. The largest absolute Gasteiger partial charge is 0.490 e. The summed E-state index contributed by atoms with van der Waals surface area (Å²) in [5.74, 6) is 1.93. The first-order valence-electron chi connectivity index (χ1n) is 8.22. The number of benzene rings is 2. The van der Waals surface area contributed by atoms with Crippen molar-refractivity contribution < 1.29 is 17.9 Å². The van der Waals surface area contributed by atoms with Crippen LogP contribution in [0.5, 0.6) is 11.5 Å². The Bertz CT molecular complexity index is 794. The number of hydrogen-bond acceptors (Lipinski definition) is 5. The van der Waals surface area contributed by atoms with Crippen LogP contribution in [0.15, 0.2) is 58.3 Å². The minimum atomic E-state index is -3.55. The van der Waals surface area contributed by atoms with Crippen LogP contribution >= 0.6 is 11.8 Å². The summed E-state index contributed by atoms with van der Waals surface area (Å²) in [7, 11) is -3.55. The van der Waals surface area contributed by atoms with Gasteiger partial charge in [0.15, 0.2) is 11.5 Å². The fourth-order valence-corrected chi connectivity index (χ4v) is 4.34. The number of fused-ring (bicyclic) bond motifs is 1. The molecule has 0 fully saturated rings. The van der Waals surface area contributed by atoms with E-state index in [1.807, 2.05) is 30.3 Å². The number of sulfonamides is 1. The first-order valence-corrected chi connectivity index (χ1v) is 10.7. The van der Waals surface area contributed by atoms with Gasteiger partial charge in [0, 0.05) is 23.9 Å². The van der Waals surface area contributed by atoms with Gasteiger partial charge in [-0.1, -0.05) is 18.2 Å². The molecule has 0 aliphatic carbocycles. The van der Waals surface area contributed by atoms with E-state index in [4.69, 9.17) is 9.47 Å². The molecule has 0 amide bonds. The number of rotatable bonds is 7. The van der Waals surface area contributed by atoms with E-state index in [1.54, 1.807) is 23.9 Å². The zero-order chi connectivity index (χ0) is 17.5. The average Bonchev–Trinajstić information content (AvgIpc) is 2.87. The molecule has 3 rings (SSSR count). The second-order valence-electron chi connectivity index (χ2n) is 5.57. The lowest BCUT2D eigenvalue weighted by atomic mass is 10.3. The Morgan fingerprint density at radius 1 is 1.00 bits per heavy atom. The lowest BCUT2D eigenvalue weighted by Gasteiger charge is -2.11. The van der Waals surface area contributed by atoms with Gasteiger partial charge in [-0.2, -0.15) is 0 Å². The van der Waals surface area contributed by atoms with Gasteiger partial charge in [0.25, 0.3) is 0 Å². The molecule has 0 radical (unpaired) electrons. The summed E-state index contributed by atoms with van der Waals surface area (Å²) in [5, 5.41) is 0. The van der Waals surface area contributed by atoms with Crippen molar-refractivity contribution >= 4 is 21.8 Å². The van der Waals surface area contributed by atoms with Crippen LogP contribution in [0.1, 0.15) is 12.8 Å². The lowest BCUT2D eigenvalue weighted by molar-refractivity contribution is 0.297. The van der Waals surface area contributed by atoms with Crippen LogP contribution in [0, 0.1) is 0 Å².